The van der Waals surface area contributed by atoms with Gasteiger partial charge in [0.25, 0.3) is 0 Å². The van der Waals surface area contributed by atoms with Crippen molar-refractivity contribution in [1.29, 1.82) is 0 Å². The van der Waals surface area contributed by atoms with Gasteiger partial charge >= 0.3 is 5.97 Å². The summed E-state index contributed by atoms with van der Waals surface area (Å²) >= 11 is 6.08. The van der Waals surface area contributed by atoms with Gasteiger partial charge in [0, 0.05) is 36.6 Å². The van der Waals surface area contributed by atoms with Gasteiger partial charge in [-0.1, -0.05) is 17.7 Å². The Hall–Kier alpha value is -1.92. The topological polar surface area (TPSA) is 58.4 Å². The van der Waals surface area contributed by atoms with E-state index >= 15 is 0 Å². The molecule has 0 unspecified atom stereocenters. The van der Waals surface area contributed by atoms with Crippen molar-refractivity contribution in [3.05, 3.63) is 52.1 Å². The third kappa shape index (κ3) is 3.71. The van der Waals surface area contributed by atoms with Gasteiger partial charge in [0.05, 0.1) is 24.4 Å². The smallest absolute Gasteiger partial charge is 0.303 e. The van der Waals surface area contributed by atoms with Crippen molar-refractivity contribution in [2.24, 2.45) is 0 Å². The standard InChI is InChI=1S/C16H17ClFN3O2/c17-14-2-1-3-15(18)13(14)10-20-6-7-21-12(9-20)8-11(19-21)4-5-16(22)23/h1-3,8H,4-7,9-10H2,(H,22,23). The molecule has 1 N–H and O–H groups in total. The number of rotatable bonds is 5. The van der Waals surface area contributed by atoms with Crippen LogP contribution in [0.4, 0.5) is 4.39 Å². The molecule has 23 heavy (non-hydrogen) atoms. The molecule has 0 amide bonds. The van der Waals surface area contributed by atoms with Crippen LogP contribution >= 0.6 is 11.6 Å². The molecule has 5 nitrogen and oxygen atoms in total. The quantitative estimate of drug-likeness (QED) is 0.911. The highest BCUT2D eigenvalue weighted by molar-refractivity contribution is 6.31. The van der Waals surface area contributed by atoms with E-state index in [9.17, 15) is 9.18 Å². The first-order valence-electron chi connectivity index (χ1n) is 7.45. The number of aryl methyl sites for hydroxylation is 1. The molecule has 0 atom stereocenters. The Morgan fingerprint density at radius 1 is 1.39 bits per heavy atom. The minimum atomic E-state index is -0.827. The molecule has 0 bridgehead atoms. The first-order chi connectivity index (χ1) is 11.0. The average molecular weight is 338 g/mol. The molecular formula is C16H17ClFN3O2. The molecule has 0 saturated heterocycles. The first kappa shape index (κ1) is 16.0. The van der Waals surface area contributed by atoms with Crippen LogP contribution in [0, 0.1) is 5.82 Å². The monoisotopic (exact) mass is 337 g/mol. The molecule has 1 aliphatic rings. The molecule has 0 saturated carbocycles. The molecule has 2 heterocycles. The van der Waals surface area contributed by atoms with Crippen LogP contribution in [0.5, 0.6) is 0 Å². The lowest BCUT2D eigenvalue weighted by molar-refractivity contribution is -0.136. The van der Waals surface area contributed by atoms with Gasteiger partial charge in [-0.05, 0) is 18.2 Å². The zero-order chi connectivity index (χ0) is 16.4. The largest absolute Gasteiger partial charge is 0.481 e. The molecule has 1 aliphatic heterocycles. The molecule has 0 radical (unpaired) electrons. The zero-order valence-electron chi connectivity index (χ0n) is 12.5. The van der Waals surface area contributed by atoms with Crippen molar-refractivity contribution < 1.29 is 14.3 Å². The fourth-order valence-electron chi connectivity index (χ4n) is 2.78. The van der Waals surface area contributed by atoms with Crippen molar-refractivity contribution in [1.82, 2.24) is 14.7 Å². The van der Waals surface area contributed by atoms with Gasteiger partial charge in [-0.15, -0.1) is 0 Å². The fourth-order valence-corrected chi connectivity index (χ4v) is 3.00. The highest BCUT2D eigenvalue weighted by atomic mass is 35.5. The number of aliphatic carboxylic acids is 1. The second-order valence-corrected chi connectivity index (χ2v) is 6.06. The fraction of sp³-hybridized carbons (Fsp3) is 0.375. The predicted molar refractivity (Wildman–Crippen MR) is 83.7 cm³/mol. The Bertz CT molecular complexity index is 712. The number of hydrogen-bond acceptors (Lipinski definition) is 3. The third-order valence-electron chi connectivity index (χ3n) is 3.97. The molecule has 1 aromatic heterocycles. The van der Waals surface area contributed by atoms with E-state index in [0.717, 1.165) is 17.9 Å². The van der Waals surface area contributed by atoms with E-state index in [0.29, 0.717) is 36.6 Å². The number of carboxylic acids is 1. The lowest BCUT2D eigenvalue weighted by atomic mass is 10.1. The van der Waals surface area contributed by atoms with Crippen LogP contribution < -0.4 is 0 Å². The van der Waals surface area contributed by atoms with Gasteiger partial charge in [-0.3, -0.25) is 14.4 Å². The Kier molecular flexibility index (Phi) is 4.63. The molecule has 7 heteroatoms. The van der Waals surface area contributed by atoms with Crippen LogP contribution in [-0.4, -0.2) is 32.3 Å². The Morgan fingerprint density at radius 2 is 2.22 bits per heavy atom. The number of fused-ring (bicyclic) bond motifs is 1. The zero-order valence-corrected chi connectivity index (χ0v) is 13.3. The number of nitrogens with zero attached hydrogens (tertiary/aromatic N) is 3. The highest BCUT2D eigenvalue weighted by Gasteiger charge is 2.20. The molecular weight excluding hydrogens is 321 g/mol. The van der Waals surface area contributed by atoms with Crippen LogP contribution in [0.1, 0.15) is 23.4 Å². The van der Waals surface area contributed by atoms with Gasteiger partial charge in [-0.25, -0.2) is 4.39 Å². The molecule has 0 aliphatic carbocycles. The summed E-state index contributed by atoms with van der Waals surface area (Å²) in [6.45, 7) is 2.54. The SMILES string of the molecule is O=C(O)CCc1cc2n(n1)CCN(Cc1c(F)cccc1Cl)C2. The van der Waals surface area contributed by atoms with Crippen molar-refractivity contribution in [3.63, 3.8) is 0 Å². The number of benzene rings is 1. The van der Waals surface area contributed by atoms with Gasteiger partial charge in [0.2, 0.25) is 0 Å². The third-order valence-corrected chi connectivity index (χ3v) is 4.32. The lowest BCUT2D eigenvalue weighted by Crippen LogP contribution is -2.33. The van der Waals surface area contributed by atoms with Gasteiger partial charge < -0.3 is 5.11 Å². The minimum absolute atomic E-state index is 0.0744. The van der Waals surface area contributed by atoms with Crippen molar-refractivity contribution in [2.45, 2.75) is 32.5 Å². The summed E-state index contributed by atoms with van der Waals surface area (Å²) in [7, 11) is 0. The summed E-state index contributed by atoms with van der Waals surface area (Å²) in [5.41, 5.74) is 2.31. The Balaban J connectivity index is 1.69. The normalized spacial score (nSPS) is 14.7. The maximum atomic E-state index is 13.9. The maximum absolute atomic E-state index is 13.9. The Morgan fingerprint density at radius 3 is 2.96 bits per heavy atom. The average Bonchev–Trinajstić information content (AvgIpc) is 2.91. The van der Waals surface area contributed by atoms with E-state index in [2.05, 4.69) is 10.00 Å². The number of aromatic nitrogens is 2. The predicted octanol–water partition coefficient (Wildman–Crippen LogP) is 2.71. The summed E-state index contributed by atoms with van der Waals surface area (Å²) in [5.74, 6) is -1.12. The molecule has 2 aromatic rings. The molecule has 0 fully saturated rings. The number of hydrogen-bond donors (Lipinski definition) is 1. The van der Waals surface area contributed by atoms with Gasteiger partial charge in [0.15, 0.2) is 0 Å². The second-order valence-electron chi connectivity index (χ2n) is 5.65. The molecule has 122 valence electrons. The summed E-state index contributed by atoms with van der Waals surface area (Å²) in [5, 5.41) is 13.6. The number of halogens is 2. The van der Waals surface area contributed by atoms with Gasteiger partial charge in [-0.2, -0.15) is 5.10 Å². The van der Waals surface area contributed by atoms with E-state index in [4.69, 9.17) is 16.7 Å². The summed E-state index contributed by atoms with van der Waals surface area (Å²) < 4.78 is 15.8. The van der Waals surface area contributed by atoms with E-state index in [1.165, 1.54) is 6.07 Å². The first-order valence-corrected chi connectivity index (χ1v) is 7.83. The van der Waals surface area contributed by atoms with Crippen molar-refractivity contribution in [2.75, 3.05) is 6.54 Å². The van der Waals surface area contributed by atoms with Crippen LogP contribution in [0.3, 0.4) is 0 Å². The van der Waals surface area contributed by atoms with E-state index in [1.807, 2.05) is 10.7 Å². The van der Waals surface area contributed by atoms with Crippen LogP contribution in [0.2, 0.25) is 5.02 Å². The Labute approximate surface area is 138 Å². The van der Waals surface area contributed by atoms with Gasteiger partial charge in [0.1, 0.15) is 5.82 Å². The summed E-state index contributed by atoms with van der Waals surface area (Å²) in [6.07, 6.45) is 0.499. The van der Waals surface area contributed by atoms with Crippen LogP contribution in [0.25, 0.3) is 0 Å². The van der Waals surface area contributed by atoms with E-state index in [-0.39, 0.29) is 12.2 Å². The van der Waals surface area contributed by atoms with E-state index in [1.54, 1.807) is 12.1 Å². The minimum Gasteiger partial charge on any atom is -0.481 e. The van der Waals surface area contributed by atoms with Crippen molar-refractivity contribution >= 4 is 17.6 Å². The van der Waals surface area contributed by atoms with Crippen LogP contribution in [0.15, 0.2) is 24.3 Å². The maximum Gasteiger partial charge on any atom is 0.303 e. The highest BCUT2D eigenvalue weighted by Crippen LogP contribution is 2.23. The van der Waals surface area contributed by atoms with Crippen LogP contribution in [-0.2, 0) is 30.8 Å². The number of carbonyl (C=O) groups is 1. The van der Waals surface area contributed by atoms with E-state index < -0.39 is 5.97 Å². The summed E-state index contributed by atoms with van der Waals surface area (Å²) in [4.78, 5) is 12.8. The lowest BCUT2D eigenvalue weighted by Gasteiger charge is -2.27. The molecule has 3 rings (SSSR count). The second kappa shape index (κ2) is 6.68. The summed E-state index contributed by atoms with van der Waals surface area (Å²) in [6, 6.07) is 6.64. The number of carboxylic acid groups (broad SMARTS) is 1. The molecule has 1 aromatic carbocycles. The van der Waals surface area contributed by atoms with Crippen molar-refractivity contribution in [3.8, 4) is 0 Å². The molecule has 0 spiro atoms.